The molecule has 3 saturated heterocycles. The van der Waals surface area contributed by atoms with Crippen molar-refractivity contribution in [3.63, 3.8) is 0 Å². The van der Waals surface area contributed by atoms with Crippen molar-refractivity contribution < 1.29 is 14.4 Å². The second-order valence-corrected chi connectivity index (χ2v) is 15.8. The quantitative estimate of drug-likeness (QED) is 0.181. The molecule has 4 saturated carbocycles. The smallest absolute Gasteiger partial charge is 0.333 e. The average molecular weight is 651 g/mol. The van der Waals surface area contributed by atoms with E-state index in [0.717, 1.165) is 70.2 Å². The fourth-order valence-corrected chi connectivity index (χ4v) is 11.8. The van der Waals surface area contributed by atoms with Crippen molar-refractivity contribution in [3.8, 4) is 0 Å². The summed E-state index contributed by atoms with van der Waals surface area (Å²) in [7, 11) is 2.98. The molecule has 0 aromatic carbocycles. The van der Waals surface area contributed by atoms with Crippen LogP contribution in [-0.2, 0) is 9.59 Å². The Labute approximate surface area is 287 Å². The average Bonchev–Trinajstić information content (AvgIpc) is 3.76. The van der Waals surface area contributed by atoms with Crippen molar-refractivity contribution in [2.45, 2.75) is 103 Å². The molecule has 0 bridgehead atoms. The number of imide groups is 2. The molecule has 0 spiro atoms. The van der Waals surface area contributed by atoms with Gasteiger partial charge in [-0.25, -0.2) is 4.79 Å². The summed E-state index contributed by atoms with van der Waals surface area (Å²) in [5.74, 6) is 3.11. The Hall–Kier alpha value is -3.35. The van der Waals surface area contributed by atoms with Gasteiger partial charge in [0.15, 0.2) is 0 Å². The van der Waals surface area contributed by atoms with E-state index in [1.54, 1.807) is 0 Å². The summed E-state index contributed by atoms with van der Waals surface area (Å²) in [6.45, 7) is 6.58. The van der Waals surface area contributed by atoms with Crippen LogP contribution in [0.3, 0.4) is 0 Å². The number of carbonyl (C=O) groups excluding carboxylic acids is 3. The van der Waals surface area contributed by atoms with E-state index >= 15 is 0 Å². The number of likely N-dealkylation sites (tertiary alicyclic amines) is 2. The maximum Gasteiger partial charge on any atom is 0.333 e. The number of amides is 4. The molecule has 3 aliphatic heterocycles. The predicted octanol–water partition coefficient (Wildman–Crippen LogP) is 7.36. The third kappa shape index (κ3) is 4.84. The molecule has 48 heavy (non-hydrogen) atoms. The van der Waals surface area contributed by atoms with Crippen LogP contribution in [0.25, 0.3) is 0 Å². The number of likely N-dealkylation sites (N-methyl/N-ethyl adjacent to an activating group) is 2. The summed E-state index contributed by atoms with van der Waals surface area (Å²) in [6, 6.07) is 0.673. The van der Waals surface area contributed by atoms with Crippen molar-refractivity contribution in [1.29, 1.82) is 0 Å². The van der Waals surface area contributed by atoms with Crippen LogP contribution in [0.1, 0.15) is 90.9 Å². The molecule has 7 heteroatoms. The van der Waals surface area contributed by atoms with Crippen LogP contribution in [0.4, 0.5) is 4.79 Å². The van der Waals surface area contributed by atoms with Gasteiger partial charge in [-0.15, -0.1) is 0 Å². The number of nitrogens with zero attached hydrogens (tertiary/aromatic N) is 4. The molecule has 3 heterocycles. The lowest BCUT2D eigenvalue weighted by Gasteiger charge is -2.41. The molecule has 7 nitrogen and oxygen atoms in total. The van der Waals surface area contributed by atoms with E-state index in [-0.39, 0.29) is 5.57 Å². The lowest BCUT2D eigenvalue weighted by atomic mass is 9.65. The number of barbiturate groups is 1. The summed E-state index contributed by atoms with van der Waals surface area (Å²) in [5, 5.41) is 0. The van der Waals surface area contributed by atoms with Gasteiger partial charge in [0, 0.05) is 62.5 Å². The molecule has 0 radical (unpaired) electrons. The number of carbonyl (C=O) groups is 3. The summed E-state index contributed by atoms with van der Waals surface area (Å²) in [4.78, 5) is 47.9. The SMILES string of the molecule is CCN1/C(=C\C=C2/CC/C(=C\C=C3\C4CCCC5CCCC(C54)N3CC)C2=C2C(=O)N(C)C(=O)N(C)C2=O)C2C=CCC3CCCC1C32. The highest BCUT2D eigenvalue weighted by molar-refractivity contribution is 6.29. The highest BCUT2D eigenvalue weighted by atomic mass is 16.2. The minimum atomic E-state index is -0.572. The molecule has 7 fully saturated rings. The molecule has 8 atom stereocenters. The van der Waals surface area contributed by atoms with Gasteiger partial charge < -0.3 is 9.80 Å². The normalized spacial score (nSPS) is 39.6. The van der Waals surface area contributed by atoms with E-state index in [1.807, 2.05) is 0 Å². The van der Waals surface area contributed by atoms with E-state index in [9.17, 15) is 14.4 Å². The van der Waals surface area contributed by atoms with Gasteiger partial charge in [-0.05, 0) is 111 Å². The summed E-state index contributed by atoms with van der Waals surface area (Å²) in [6.07, 6.45) is 28.6. The minimum Gasteiger partial charge on any atom is -0.372 e. The number of urea groups is 1. The minimum absolute atomic E-state index is 0.140. The Morgan fingerprint density at radius 3 is 1.88 bits per heavy atom. The summed E-state index contributed by atoms with van der Waals surface area (Å²) in [5.41, 5.74) is 5.82. The molecule has 0 aromatic heterocycles. The molecule has 0 aromatic rings. The van der Waals surface area contributed by atoms with E-state index in [4.69, 9.17) is 0 Å². The van der Waals surface area contributed by atoms with Crippen molar-refractivity contribution in [2.24, 2.45) is 35.5 Å². The van der Waals surface area contributed by atoms with Gasteiger partial charge in [-0.1, -0.05) is 56.4 Å². The van der Waals surface area contributed by atoms with Crippen LogP contribution in [-0.4, -0.2) is 76.7 Å². The monoisotopic (exact) mass is 650 g/mol. The molecule has 8 aliphatic rings. The third-order valence-corrected chi connectivity index (χ3v) is 13.8. The van der Waals surface area contributed by atoms with Crippen LogP contribution >= 0.6 is 0 Å². The lowest BCUT2D eigenvalue weighted by molar-refractivity contribution is -0.134. The number of rotatable bonds is 4. The maximum atomic E-state index is 13.8. The summed E-state index contributed by atoms with van der Waals surface area (Å²) < 4.78 is 0. The van der Waals surface area contributed by atoms with Gasteiger partial charge in [-0.3, -0.25) is 19.4 Å². The van der Waals surface area contributed by atoms with Crippen molar-refractivity contribution >= 4 is 17.8 Å². The third-order valence-electron chi connectivity index (χ3n) is 13.8. The zero-order chi connectivity index (χ0) is 33.3. The first-order chi connectivity index (χ1) is 23.3. The van der Waals surface area contributed by atoms with Crippen LogP contribution < -0.4 is 0 Å². The van der Waals surface area contributed by atoms with Gasteiger partial charge in [0.1, 0.15) is 5.57 Å². The molecule has 8 unspecified atom stereocenters. The van der Waals surface area contributed by atoms with Crippen LogP contribution in [0.15, 0.2) is 70.1 Å². The molecular formula is C41H54N4O3. The Balaban J connectivity index is 1.22. The largest absolute Gasteiger partial charge is 0.372 e. The zero-order valence-electron chi connectivity index (χ0n) is 29.5. The van der Waals surface area contributed by atoms with E-state index in [1.165, 1.54) is 89.7 Å². The first-order valence-electron chi connectivity index (χ1n) is 19.2. The standard InChI is InChI=1S/C41H54N4O3/c1-5-44-31(29-15-7-11-25-13-9-17-33(44)36(25)29)23-21-27-19-20-28(35(27)38-39(46)42(3)41(48)43(4)40(38)47)22-24-32-30-16-8-12-26-14-10-18-34(37(26)30)45(32)6-2/h7,15,21-26,29-30,33-34,36-37H,5-6,8-14,16-20H2,1-4H3/b27-21+,28-22+,31-23-,32-24-. The number of hydrogen-bond acceptors (Lipinski definition) is 5. The fraction of sp³-hybridized carbons (Fsp3) is 0.634. The Morgan fingerprint density at radius 2 is 1.23 bits per heavy atom. The highest BCUT2D eigenvalue weighted by Crippen LogP contribution is 2.55. The van der Waals surface area contributed by atoms with Gasteiger partial charge in [0.25, 0.3) is 11.8 Å². The van der Waals surface area contributed by atoms with Crippen molar-refractivity contribution in [3.05, 3.63) is 70.1 Å². The van der Waals surface area contributed by atoms with Crippen molar-refractivity contribution in [2.75, 3.05) is 27.2 Å². The lowest BCUT2D eigenvalue weighted by Crippen LogP contribution is -2.53. The second kappa shape index (κ2) is 12.5. The Morgan fingerprint density at radius 1 is 0.667 bits per heavy atom. The van der Waals surface area contributed by atoms with Crippen LogP contribution in [0, 0.1) is 35.5 Å². The van der Waals surface area contributed by atoms with Crippen molar-refractivity contribution in [1.82, 2.24) is 19.6 Å². The van der Waals surface area contributed by atoms with E-state index in [2.05, 4.69) is 60.1 Å². The molecule has 5 aliphatic carbocycles. The predicted molar refractivity (Wildman–Crippen MR) is 188 cm³/mol. The second-order valence-electron chi connectivity index (χ2n) is 15.8. The first-order valence-corrected chi connectivity index (χ1v) is 19.2. The highest BCUT2D eigenvalue weighted by Gasteiger charge is 2.51. The Bertz CT molecular complexity index is 1550. The van der Waals surface area contributed by atoms with Crippen LogP contribution in [0.2, 0.25) is 0 Å². The van der Waals surface area contributed by atoms with E-state index in [0.29, 0.717) is 29.8 Å². The molecule has 4 amide bonds. The number of hydrogen-bond donors (Lipinski definition) is 0. The maximum absolute atomic E-state index is 13.8. The molecule has 8 rings (SSSR count). The van der Waals surface area contributed by atoms with Gasteiger partial charge in [0.05, 0.1) is 0 Å². The first kappa shape index (κ1) is 31.9. The molecular weight excluding hydrogens is 596 g/mol. The number of allylic oxidation sites excluding steroid dienone is 10. The zero-order valence-corrected chi connectivity index (χ0v) is 29.5. The molecule has 0 N–H and O–H groups in total. The molecule has 256 valence electrons. The van der Waals surface area contributed by atoms with Gasteiger partial charge in [-0.2, -0.15) is 0 Å². The van der Waals surface area contributed by atoms with Gasteiger partial charge in [0.2, 0.25) is 0 Å². The summed E-state index contributed by atoms with van der Waals surface area (Å²) >= 11 is 0. The Kier molecular flexibility index (Phi) is 8.31. The van der Waals surface area contributed by atoms with Crippen LogP contribution in [0.5, 0.6) is 0 Å². The van der Waals surface area contributed by atoms with E-state index < -0.39 is 17.8 Å². The fourth-order valence-electron chi connectivity index (χ4n) is 11.8. The van der Waals surface area contributed by atoms with Gasteiger partial charge >= 0.3 is 6.03 Å². The topological polar surface area (TPSA) is 64.2 Å².